The van der Waals surface area contributed by atoms with Gasteiger partial charge in [0.15, 0.2) is 5.82 Å². The van der Waals surface area contributed by atoms with E-state index in [1.54, 1.807) is 0 Å². The standard InChI is InChI=1S/C21H21N5O7S/c1-10(27)16-13-7-14(34-19-18(22)23-8-15(24-19)32-2)17(25(13)20(16)28)21(29)33-9-11-3-5-12(6-4-11)26(30)31/h3-6,8,10,13,16,27H,7,9H2,1-2H3,(H2,22,23)/t10-,13-,16-/m1/s1. The Morgan fingerprint density at radius 3 is 2.74 bits per heavy atom. The van der Waals surface area contributed by atoms with Gasteiger partial charge in [-0.2, -0.15) is 0 Å². The number of hydrogen-bond donors (Lipinski definition) is 2. The van der Waals surface area contributed by atoms with Gasteiger partial charge in [-0.3, -0.25) is 14.9 Å². The molecule has 4 rings (SSSR count). The number of aliphatic hydroxyl groups is 1. The maximum Gasteiger partial charge on any atom is 0.356 e. The number of β-lactam (4-membered cyclic amide) rings is 1. The zero-order valence-corrected chi connectivity index (χ0v) is 19.0. The molecular formula is C21H21N5O7S. The summed E-state index contributed by atoms with van der Waals surface area (Å²) >= 11 is 1.08. The highest BCUT2D eigenvalue weighted by atomic mass is 32.2. The van der Waals surface area contributed by atoms with E-state index in [4.69, 9.17) is 15.2 Å². The lowest BCUT2D eigenvalue weighted by atomic mass is 9.83. The topological polar surface area (TPSA) is 171 Å². The Morgan fingerprint density at radius 1 is 1.41 bits per heavy atom. The number of nitrogens with two attached hydrogens (primary N) is 1. The average molecular weight is 487 g/mol. The van der Waals surface area contributed by atoms with E-state index in [2.05, 4.69) is 9.97 Å². The monoisotopic (exact) mass is 487 g/mol. The molecule has 1 aromatic carbocycles. The van der Waals surface area contributed by atoms with Crippen molar-refractivity contribution in [1.82, 2.24) is 14.9 Å². The molecule has 1 fully saturated rings. The Bertz CT molecular complexity index is 1180. The van der Waals surface area contributed by atoms with Gasteiger partial charge in [0.2, 0.25) is 11.8 Å². The number of ether oxygens (including phenoxy) is 2. The van der Waals surface area contributed by atoms with E-state index < -0.39 is 29.0 Å². The van der Waals surface area contributed by atoms with Crippen LogP contribution < -0.4 is 10.5 Å². The van der Waals surface area contributed by atoms with Gasteiger partial charge in [0.1, 0.15) is 17.3 Å². The molecule has 0 bridgehead atoms. The SMILES string of the molecule is COc1cnc(N)c(SC2=C(C(=O)OCc3ccc([N+](=O)[O-])cc3)N3C(=O)[C@H]([C@@H](C)O)[C@H]3C2)n1. The fourth-order valence-corrected chi connectivity index (χ4v) is 4.96. The lowest BCUT2D eigenvalue weighted by Gasteiger charge is -2.44. The summed E-state index contributed by atoms with van der Waals surface area (Å²) in [5.74, 6) is -1.38. The molecule has 1 saturated heterocycles. The molecule has 1 amide bonds. The van der Waals surface area contributed by atoms with Crippen LogP contribution in [0, 0.1) is 16.0 Å². The number of nitrogens with zero attached hydrogens (tertiary/aromatic N) is 4. The second kappa shape index (κ2) is 9.27. The van der Waals surface area contributed by atoms with Crippen molar-refractivity contribution in [2.24, 2.45) is 5.92 Å². The number of benzene rings is 1. The maximum atomic E-state index is 13.1. The minimum absolute atomic E-state index is 0.0582. The smallest absolute Gasteiger partial charge is 0.356 e. The van der Waals surface area contributed by atoms with Crippen molar-refractivity contribution in [3.05, 3.63) is 56.7 Å². The van der Waals surface area contributed by atoms with E-state index in [0.29, 0.717) is 21.9 Å². The minimum Gasteiger partial charge on any atom is -0.480 e. The van der Waals surface area contributed by atoms with Crippen LogP contribution in [0.1, 0.15) is 18.9 Å². The molecule has 0 saturated carbocycles. The summed E-state index contributed by atoms with van der Waals surface area (Å²) in [6, 6.07) is 5.20. The number of rotatable bonds is 8. The number of nitro groups is 1. The molecule has 178 valence electrons. The molecule has 3 atom stereocenters. The number of esters is 1. The summed E-state index contributed by atoms with van der Waals surface area (Å²) in [7, 11) is 1.43. The van der Waals surface area contributed by atoms with Crippen molar-refractivity contribution in [1.29, 1.82) is 0 Å². The Labute approximate surface area is 197 Å². The van der Waals surface area contributed by atoms with Crippen LogP contribution in [0.2, 0.25) is 0 Å². The van der Waals surface area contributed by atoms with Crippen molar-refractivity contribution in [3.63, 3.8) is 0 Å². The van der Waals surface area contributed by atoms with E-state index in [-0.39, 0.29) is 35.6 Å². The molecule has 2 aliphatic rings. The third-order valence-electron chi connectivity index (χ3n) is 5.57. The summed E-state index contributed by atoms with van der Waals surface area (Å²) in [5, 5.41) is 21.1. The van der Waals surface area contributed by atoms with Crippen LogP contribution in [0.25, 0.3) is 0 Å². The van der Waals surface area contributed by atoms with Crippen LogP contribution >= 0.6 is 11.8 Å². The van der Waals surface area contributed by atoms with Gasteiger partial charge in [-0.05, 0) is 24.6 Å². The third kappa shape index (κ3) is 4.26. The summed E-state index contributed by atoms with van der Waals surface area (Å²) in [6.07, 6.45) is 0.797. The number of hydrogen-bond acceptors (Lipinski definition) is 11. The Kier molecular flexibility index (Phi) is 6.39. The summed E-state index contributed by atoms with van der Waals surface area (Å²) in [5.41, 5.74) is 6.46. The Hall–Kier alpha value is -3.71. The van der Waals surface area contributed by atoms with Gasteiger partial charge < -0.3 is 25.2 Å². The molecule has 13 heteroatoms. The number of anilines is 1. The zero-order valence-electron chi connectivity index (χ0n) is 18.2. The van der Waals surface area contributed by atoms with Crippen molar-refractivity contribution in [2.75, 3.05) is 12.8 Å². The van der Waals surface area contributed by atoms with Crippen LogP contribution in [-0.4, -0.2) is 56.0 Å². The van der Waals surface area contributed by atoms with E-state index in [1.165, 1.54) is 49.4 Å². The molecule has 0 spiro atoms. The summed E-state index contributed by atoms with van der Waals surface area (Å²) < 4.78 is 10.5. The molecular weight excluding hydrogens is 466 g/mol. The lowest BCUT2D eigenvalue weighted by molar-refractivity contribution is -0.384. The van der Waals surface area contributed by atoms with Crippen LogP contribution in [0.5, 0.6) is 5.88 Å². The molecule has 34 heavy (non-hydrogen) atoms. The van der Waals surface area contributed by atoms with Crippen LogP contribution in [0.15, 0.2) is 46.1 Å². The van der Waals surface area contributed by atoms with Crippen molar-refractivity contribution in [2.45, 2.75) is 37.1 Å². The number of carbonyl (C=O) groups excluding carboxylic acids is 2. The van der Waals surface area contributed by atoms with Gasteiger partial charge in [0.05, 0.1) is 36.3 Å². The number of carbonyl (C=O) groups is 2. The van der Waals surface area contributed by atoms with Gasteiger partial charge in [0.25, 0.3) is 5.69 Å². The van der Waals surface area contributed by atoms with Crippen LogP contribution in [-0.2, 0) is 20.9 Å². The van der Waals surface area contributed by atoms with Crippen molar-refractivity contribution < 1.29 is 29.1 Å². The first-order valence-corrected chi connectivity index (χ1v) is 11.0. The number of amides is 1. The number of non-ortho nitro benzene ring substituents is 1. The molecule has 1 aromatic heterocycles. The van der Waals surface area contributed by atoms with Crippen LogP contribution in [0.3, 0.4) is 0 Å². The fourth-order valence-electron chi connectivity index (χ4n) is 3.90. The van der Waals surface area contributed by atoms with E-state index in [9.17, 15) is 24.8 Å². The number of aliphatic hydroxyl groups excluding tert-OH is 1. The summed E-state index contributed by atoms with van der Waals surface area (Å²) in [6.45, 7) is 1.38. The largest absolute Gasteiger partial charge is 0.480 e. The van der Waals surface area contributed by atoms with Gasteiger partial charge >= 0.3 is 5.97 Å². The van der Waals surface area contributed by atoms with E-state index >= 15 is 0 Å². The predicted molar refractivity (Wildman–Crippen MR) is 119 cm³/mol. The highest BCUT2D eigenvalue weighted by Gasteiger charge is 2.57. The molecule has 2 aromatic rings. The number of nitrogen functional groups attached to an aromatic ring is 1. The van der Waals surface area contributed by atoms with Gasteiger partial charge in [-0.1, -0.05) is 11.8 Å². The molecule has 2 aliphatic heterocycles. The van der Waals surface area contributed by atoms with Gasteiger partial charge in [-0.25, -0.2) is 14.8 Å². The Balaban J connectivity index is 1.59. The predicted octanol–water partition coefficient (Wildman–Crippen LogP) is 1.63. The first-order valence-electron chi connectivity index (χ1n) is 10.2. The second-order valence-corrected chi connectivity index (χ2v) is 8.81. The third-order valence-corrected chi connectivity index (χ3v) is 6.67. The number of thioether (sulfide) groups is 1. The fraction of sp³-hybridized carbons (Fsp3) is 0.333. The highest BCUT2D eigenvalue weighted by molar-refractivity contribution is 8.03. The molecule has 12 nitrogen and oxygen atoms in total. The molecule has 0 unspecified atom stereocenters. The van der Waals surface area contributed by atoms with Crippen molar-refractivity contribution >= 4 is 35.1 Å². The van der Waals surface area contributed by atoms with Crippen molar-refractivity contribution in [3.8, 4) is 5.88 Å². The van der Waals surface area contributed by atoms with E-state index in [0.717, 1.165) is 11.8 Å². The molecule has 0 aliphatic carbocycles. The van der Waals surface area contributed by atoms with Gasteiger partial charge in [0, 0.05) is 23.5 Å². The summed E-state index contributed by atoms with van der Waals surface area (Å²) in [4.78, 5) is 46.2. The number of nitro benzene ring substituents is 1. The normalized spacial score (nSPS) is 20.0. The average Bonchev–Trinajstić information content (AvgIpc) is 3.12. The number of methoxy groups -OCH3 is 1. The van der Waals surface area contributed by atoms with Crippen LogP contribution in [0.4, 0.5) is 11.5 Å². The Morgan fingerprint density at radius 2 is 2.12 bits per heavy atom. The molecule has 3 heterocycles. The lowest BCUT2D eigenvalue weighted by Crippen LogP contribution is -2.61. The maximum absolute atomic E-state index is 13.1. The quantitative estimate of drug-likeness (QED) is 0.240. The highest BCUT2D eigenvalue weighted by Crippen LogP contribution is 2.49. The first-order chi connectivity index (χ1) is 16.2. The zero-order chi connectivity index (χ0) is 24.6. The first kappa shape index (κ1) is 23.4. The number of aromatic nitrogens is 2. The van der Waals surface area contributed by atoms with Gasteiger partial charge in [-0.15, -0.1) is 0 Å². The minimum atomic E-state index is -0.878. The molecule has 0 radical (unpaired) electrons. The van der Waals surface area contributed by atoms with E-state index in [1.807, 2.05) is 0 Å². The number of fused-ring (bicyclic) bond motifs is 1. The second-order valence-electron chi connectivity index (χ2n) is 7.72. The molecule has 3 N–H and O–H groups in total.